The lowest BCUT2D eigenvalue weighted by molar-refractivity contribution is -0.114. The predicted octanol–water partition coefficient (Wildman–Crippen LogP) is 2.47. The molecule has 2 fully saturated rings. The standard InChI is InChI=1S/C18H27NO3/c1-2-21-17-9-8-16-18(17)22-13-11-19(16)10-12-20-14-15-6-4-3-5-7-15/h3-7,16-18H,2,8-14H2,1H3/t16-,17-,18+/m1/s1. The SMILES string of the molecule is CCO[C@@H]1CC[C@@H]2[C@@H]1OCCN2CCOCc1ccccc1. The third-order valence-electron chi connectivity index (χ3n) is 4.67. The zero-order valence-electron chi connectivity index (χ0n) is 13.4. The Balaban J connectivity index is 1.42. The summed E-state index contributed by atoms with van der Waals surface area (Å²) in [4.78, 5) is 2.53. The van der Waals surface area contributed by atoms with E-state index in [-0.39, 0.29) is 12.2 Å². The van der Waals surface area contributed by atoms with Crippen LogP contribution in [0.2, 0.25) is 0 Å². The van der Waals surface area contributed by atoms with Crippen LogP contribution >= 0.6 is 0 Å². The third kappa shape index (κ3) is 3.87. The third-order valence-corrected chi connectivity index (χ3v) is 4.67. The number of morpholine rings is 1. The van der Waals surface area contributed by atoms with E-state index in [1.165, 1.54) is 12.0 Å². The average molecular weight is 305 g/mol. The van der Waals surface area contributed by atoms with Gasteiger partial charge in [-0.05, 0) is 25.3 Å². The van der Waals surface area contributed by atoms with E-state index in [4.69, 9.17) is 14.2 Å². The van der Waals surface area contributed by atoms with Gasteiger partial charge in [-0.3, -0.25) is 4.90 Å². The van der Waals surface area contributed by atoms with Crippen LogP contribution in [-0.4, -0.2) is 56.1 Å². The molecule has 1 heterocycles. The van der Waals surface area contributed by atoms with E-state index in [2.05, 4.69) is 36.1 Å². The number of hydrogen-bond donors (Lipinski definition) is 0. The van der Waals surface area contributed by atoms with Crippen molar-refractivity contribution in [3.8, 4) is 0 Å². The molecule has 2 aliphatic rings. The Bertz CT molecular complexity index is 439. The lowest BCUT2D eigenvalue weighted by Crippen LogP contribution is -2.52. The highest BCUT2D eigenvalue weighted by Gasteiger charge is 2.42. The smallest absolute Gasteiger partial charge is 0.0991 e. The molecule has 4 heteroatoms. The molecule has 3 rings (SSSR count). The summed E-state index contributed by atoms with van der Waals surface area (Å²) in [6.07, 6.45) is 2.82. The molecule has 0 aromatic heterocycles. The zero-order chi connectivity index (χ0) is 15.2. The van der Waals surface area contributed by atoms with E-state index >= 15 is 0 Å². The van der Waals surface area contributed by atoms with Gasteiger partial charge in [0, 0.05) is 25.7 Å². The molecule has 4 nitrogen and oxygen atoms in total. The second-order valence-corrected chi connectivity index (χ2v) is 6.05. The van der Waals surface area contributed by atoms with E-state index in [1.54, 1.807) is 0 Å². The van der Waals surface area contributed by atoms with E-state index < -0.39 is 0 Å². The molecule has 0 bridgehead atoms. The molecule has 1 saturated heterocycles. The van der Waals surface area contributed by atoms with Gasteiger partial charge in [0.25, 0.3) is 0 Å². The van der Waals surface area contributed by atoms with Crippen LogP contribution in [0.5, 0.6) is 0 Å². The van der Waals surface area contributed by atoms with Gasteiger partial charge in [-0.15, -0.1) is 0 Å². The molecule has 122 valence electrons. The van der Waals surface area contributed by atoms with Crippen LogP contribution in [-0.2, 0) is 20.8 Å². The first-order chi connectivity index (χ1) is 10.9. The van der Waals surface area contributed by atoms with Gasteiger partial charge in [0.15, 0.2) is 0 Å². The van der Waals surface area contributed by atoms with Crippen molar-refractivity contribution >= 4 is 0 Å². The lowest BCUT2D eigenvalue weighted by Gasteiger charge is -2.38. The summed E-state index contributed by atoms with van der Waals surface area (Å²) in [5, 5.41) is 0. The van der Waals surface area contributed by atoms with Gasteiger partial charge in [-0.1, -0.05) is 30.3 Å². The summed E-state index contributed by atoms with van der Waals surface area (Å²) >= 11 is 0. The van der Waals surface area contributed by atoms with Crippen LogP contribution in [0, 0.1) is 0 Å². The van der Waals surface area contributed by atoms with Crippen molar-refractivity contribution in [3.05, 3.63) is 35.9 Å². The summed E-state index contributed by atoms with van der Waals surface area (Å²) in [7, 11) is 0. The van der Waals surface area contributed by atoms with Gasteiger partial charge < -0.3 is 14.2 Å². The normalized spacial score (nSPS) is 28.7. The predicted molar refractivity (Wildman–Crippen MR) is 85.8 cm³/mol. The molecule has 1 aliphatic carbocycles. The van der Waals surface area contributed by atoms with Gasteiger partial charge in [-0.2, -0.15) is 0 Å². The van der Waals surface area contributed by atoms with Gasteiger partial charge in [0.05, 0.1) is 32.0 Å². The van der Waals surface area contributed by atoms with Crippen molar-refractivity contribution < 1.29 is 14.2 Å². The van der Waals surface area contributed by atoms with Gasteiger partial charge in [0.1, 0.15) is 0 Å². The van der Waals surface area contributed by atoms with Crippen LogP contribution in [0.3, 0.4) is 0 Å². The number of nitrogens with zero attached hydrogens (tertiary/aromatic N) is 1. The fraction of sp³-hybridized carbons (Fsp3) is 0.667. The van der Waals surface area contributed by atoms with Crippen LogP contribution < -0.4 is 0 Å². The summed E-state index contributed by atoms with van der Waals surface area (Å²) in [5.41, 5.74) is 1.24. The Labute approximate surface area is 133 Å². The van der Waals surface area contributed by atoms with Crippen molar-refractivity contribution in [3.63, 3.8) is 0 Å². The second-order valence-electron chi connectivity index (χ2n) is 6.05. The molecule has 0 spiro atoms. The van der Waals surface area contributed by atoms with Crippen molar-refractivity contribution in [2.45, 2.75) is 44.6 Å². The van der Waals surface area contributed by atoms with Crippen LogP contribution in [0.4, 0.5) is 0 Å². The van der Waals surface area contributed by atoms with E-state index in [0.717, 1.165) is 39.3 Å². The van der Waals surface area contributed by atoms with Crippen molar-refractivity contribution in [1.29, 1.82) is 0 Å². The monoisotopic (exact) mass is 305 g/mol. The number of fused-ring (bicyclic) bond motifs is 1. The van der Waals surface area contributed by atoms with Crippen molar-refractivity contribution in [2.75, 3.05) is 32.9 Å². The topological polar surface area (TPSA) is 30.9 Å². The first-order valence-corrected chi connectivity index (χ1v) is 8.47. The first kappa shape index (κ1) is 15.9. The Morgan fingerprint density at radius 2 is 2.09 bits per heavy atom. The molecule has 1 aromatic carbocycles. The van der Waals surface area contributed by atoms with E-state index in [1.807, 2.05) is 6.07 Å². The maximum atomic E-state index is 5.97. The molecule has 0 N–H and O–H groups in total. The minimum absolute atomic E-state index is 0.253. The summed E-state index contributed by atoms with van der Waals surface area (Å²) in [6.45, 7) is 7.11. The Morgan fingerprint density at radius 1 is 1.23 bits per heavy atom. The van der Waals surface area contributed by atoms with Gasteiger partial charge in [0.2, 0.25) is 0 Å². The minimum atomic E-state index is 0.253. The molecular weight excluding hydrogens is 278 g/mol. The van der Waals surface area contributed by atoms with Gasteiger partial charge in [-0.25, -0.2) is 0 Å². The number of hydrogen-bond acceptors (Lipinski definition) is 4. The summed E-state index contributed by atoms with van der Waals surface area (Å²) in [6, 6.07) is 10.9. The molecule has 1 aromatic rings. The zero-order valence-corrected chi connectivity index (χ0v) is 13.4. The maximum absolute atomic E-state index is 5.97. The van der Waals surface area contributed by atoms with E-state index in [9.17, 15) is 0 Å². The summed E-state index contributed by atoms with van der Waals surface area (Å²) in [5.74, 6) is 0. The Morgan fingerprint density at radius 3 is 2.91 bits per heavy atom. The Kier molecular flexibility index (Phi) is 5.84. The van der Waals surface area contributed by atoms with Gasteiger partial charge >= 0.3 is 0 Å². The highest BCUT2D eigenvalue weighted by molar-refractivity contribution is 5.13. The molecule has 0 radical (unpaired) electrons. The highest BCUT2D eigenvalue weighted by Crippen LogP contribution is 2.31. The molecule has 1 saturated carbocycles. The molecule has 0 unspecified atom stereocenters. The minimum Gasteiger partial charge on any atom is -0.376 e. The van der Waals surface area contributed by atoms with E-state index in [0.29, 0.717) is 12.6 Å². The second kappa shape index (κ2) is 8.06. The quantitative estimate of drug-likeness (QED) is 0.724. The number of rotatable bonds is 7. The van der Waals surface area contributed by atoms with Crippen LogP contribution in [0.15, 0.2) is 30.3 Å². The van der Waals surface area contributed by atoms with Crippen molar-refractivity contribution in [1.82, 2.24) is 4.90 Å². The maximum Gasteiger partial charge on any atom is 0.0991 e. The fourth-order valence-corrected chi connectivity index (χ4v) is 3.61. The molecule has 0 amide bonds. The molecule has 3 atom stereocenters. The summed E-state index contributed by atoms with van der Waals surface area (Å²) < 4.78 is 17.6. The highest BCUT2D eigenvalue weighted by atomic mass is 16.5. The van der Waals surface area contributed by atoms with Crippen LogP contribution in [0.1, 0.15) is 25.3 Å². The van der Waals surface area contributed by atoms with Crippen LogP contribution in [0.25, 0.3) is 0 Å². The molecular formula is C18H27NO3. The Hall–Kier alpha value is -0.940. The largest absolute Gasteiger partial charge is 0.376 e. The fourth-order valence-electron chi connectivity index (χ4n) is 3.61. The number of ether oxygens (including phenoxy) is 3. The van der Waals surface area contributed by atoms with Crippen molar-refractivity contribution in [2.24, 2.45) is 0 Å². The molecule has 1 aliphatic heterocycles. The lowest BCUT2D eigenvalue weighted by atomic mass is 10.1. The first-order valence-electron chi connectivity index (χ1n) is 8.47. The number of benzene rings is 1. The average Bonchev–Trinajstić information content (AvgIpc) is 2.97. The molecule has 22 heavy (non-hydrogen) atoms.